The third-order valence-corrected chi connectivity index (χ3v) is 4.47. The first-order valence-electron chi connectivity index (χ1n) is 7.40. The number of carbonyl (C=O) groups is 1. The molecule has 4 nitrogen and oxygen atoms in total. The summed E-state index contributed by atoms with van der Waals surface area (Å²) in [6.45, 7) is 4.55. The number of aliphatic hydroxyl groups excluding tert-OH is 1. The number of urea groups is 1. The molecule has 1 aliphatic heterocycles. The zero-order valence-corrected chi connectivity index (χ0v) is 13.2. The van der Waals surface area contributed by atoms with E-state index in [-0.39, 0.29) is 12.6 Å². The molecule has 1 aromatic rings. The van der Waals surface area contributed by atoms with Crippen LogP contribution in [0, 0.1) is 17.8 Å². The molecular formula is C16H22N2O2S. The lowest BCUT2D eigenvalue weighted by Crippen LogP contribution is -2.44. The van der Waals surface area contributed by atoms with Crippen molar-refractivity contribution in [2.45, 2.75) is 32.7 Å². The predicted octanol–water partition coefficient (Wildman–Crippen LogP) is 2.42. The summed E-state index contributed by atoms with van der Waals surface area (Å²) in [5.41, 5.74) is 0. The van der Waals surface area contributed by atoms with Crippen LogP contribution in [0.2, 0.25) is 0 Å². The molecule has 0 spiro atoms. The SMILES string of the molecule is CC1CCCN(C(=O)NCc2ccc(C#CCCO)s2)C1. The zero-order chi connectivity index (χ0) is 15.1. The number of hydrogen-bond acceptors (Lipinski definition) is 3. The van der Waals surface area contributed by atoms with Crippen molar-refractivity contribution in [3.05, 3.63) is 21.9 Å². The summed E-state index contributed by atoms with van der Waals surface area (Å²) in [5, 5.41) is 11.7. The van der Waals surface area contributed by atoms with Crippen LogP contribution in [-0.2, 0) is 6.54 Å². The Labute approximate surface area is 130 Å². The number of rotatable bonds is 3. The maximum atomic E-state index is 12.1. The van der Waals surface area contributed by atoms with Gasteiger partial charge in [-0.15, -0.1) is 11.3 Å². The van der Waals surface area contributed by atoms with Crippen LogP contribution >= 0.6 is 11.3 Å². The fourth-order valence-corrected chi connectivity index (χ4v) is 3.22. The Morgan fingerprint density at radius 2 is 2.43 bits per heavy atom. The van der Waals surface area contributed by atoms with E-state index < -0.39 is 0 Å². The number of aliphatic hydroxyl groups is 1. The Bertz CT molecular complexity index is 530. The molecule has 0 aromatic carbocycles. The van der Waals surface area contributed by atoms with Gasteiger partial charge >= 0.3 is 6.03 Å². The third-order valence-electron chi connectivity index (χ3n) is 3.47. The van der Waals surface area contributed by atoms with E-state index in [1.807, 2.05) is 17.0 Å². The van der Waals surface area contributed by atoms with Gasteiger partial charge in [0.2, 0.25) is 0 Å². The Morgan fingerprint density at radius 3 is 3.19 bits per heavy atom. The Balaban J connectivity index is 1.80. The highest BCUT2D eigenvalue weighted by molar-refractivity contribution is 7.12. The second-order valence-corrected chi connectivity index (χ2v) is 6.56. The van der Waals surface area contributed by atoms with Crippen molar-refractivity contribution in [1.29, 1.82) is 0 Å². The number of piperidine rings is 1. The number of nitrogens with one attached hydrogen (secondary N) is 1. The van der Waals surface area contributed by atoms with Crippen LogP contribution in [0.3, 0.4) is 0 Å². The van der Waals surface area contributed by atoms with E-state index in [9.17, 15) is 4.79 Å². The maximum Gasteiger partial charge on any atom is 0.317 e. The van der Waals surface area contributed by atoms with E-state index in [0.717, 1.165) is 29.3 Å². The number of hydrogen-bond donors (Lipinski definition) is 2. The molecule has 1 saturated heterocycles. The molecule has 2 amide bonds. The molecule has 2 rings (SSSR count). The third kappa shape index (κ3) is 5.07. The largest absolute Gasteiger partial charge is 0.395 e. The Kier molecular flexibility index (Phi) is 6.09. The highest BCUT2D eigenvalue weighted by Gasteiger charge is 2.20. The first-order valence-corrected chi connectivity index (χ1v) is 8.22. The van der Waals surface area contributed by atoms with Crippen molar-refractivity contribution >= 4 is 17.4 Å². The van der Waals surface area contributed by atoms with E-state index in [2.05, 4.69) is 24.1 Å². The molecule has 2 heterocycles. The fourth-order valence-electron chi connectivity index (χ4n) is 2.39. The van der Waals surface area contributed by atoms with Gasteiger partial charge in [-0.3, -0.25) is 0 Å². The monoisotopic (exact) mass is 306 g/mol. The zero-order valence-electron chi connectivity index (χ0n) is 12.4. The number of amides is 2. The minimum absolute atomic E-state index is 0.0304. The summed E-state index contributed by atoms with van der Waals surface area (Å²) in [7, 11) is 0. The summed E-state index contributed by atoms with van der Waals surface area (Å²) < 4.78 is 0. The van der Waals surface area contributed by atoms with Gasteiger partial charge in [-0.1, -0.05) is 18.8 Å². The van der Waals surface area contributed by atoms with Crippen LogP contribution in [0.1, 0.15) is 35.9 Å². The normalized spacial score (nSPS) is 18.0. The minimum atomic E-state index is 0.0304. The second-order valence-electron chi connectivity index (χ2n) is 5.39. The lowest BCUT2D eigenvalue weighted by molar-refractivity contribution is 0.169. The van der Waals surface area contributed by atoms with E-state index in [4.69, 9.17) is 5.11 Å². The fraction of sp³-hybridized carbons (Fsp3) is 0.562. The number of thiophene rings is 1. The molecular weight excluding hydrogens is 284 g/mol. The van der Waals surface area contributed by atoms with E-state index in [1.54, 1.807) is 11.3 Å². The number of carbonyl (C=O) groups excluding carboxylic acids is 1. The van der Waals surface area contributed by atoms with Gasteiger partial charge in [0.1, 0.15) is 0 Å². The average molecular weight is 306 g/mol. The van der Waals surface area contributed by atoms with Crippen molar-refractivity contribution in [3.63, 3.8) is 0 Å². The molecule has 1 atom stereocenters. The lowest BCUT2D eigenvalue weighted by atomic mass is 10.0. The van der Waals surface area contributed by atoms with E-state index >= 15 is 0 Å². The van der Waals surface area contributed by atoms with Gasteiger partial charge in [-0.2, -0.15) is 0 Å². The second kappa shape index (κ2) is 8.06. The molecule has 1 unspecified atom stereocenters. The van der Waals surface area contributed by atoms with Crippen molar-refractivity contribution in [2.24, 2.45) is 5.92 Å². The first kappa shape index (κ1) is 15.9. The summed E-state index contributed by atoms with van der Waals surface area (Å²) in [6, 6.07) is 3.98. The first-order chi connectivity index (χ1) is 10.2. The van der Waals surface area contributed by atoms with E-state index in [0.29, 0.717) is 18.9 Å². The van der Waals surface area contributed by atoms with E-state index in [1.165, 1.54) is 6.42 Å². The smallest absolute Gasteiger partial charge is 0.317 e. The van der Waals surface area contributed by atoms with Crippen molar-refractivity contribution in [2.75, 3.05) is 19.7 Å². The van der Waals surface area contributed by atoms with Crippen LogP contribution < -0.4 is 5.32 Å². The van der Waals surface area contributed by atoms with Crippen molar-refractivity contribution < 1.29 is 9.90 Å². The quantitative estimate of drug-likeness (QED) is 0.843. The van der Waals surface area contributed by atoms with Gasteiger partial charge in [0.25, 0.3) is 0 Å². The summed E-state index contributed by atoms with van der Waals surface area (Å²) >= 11 is 1.58. The van der Waals surface area contributed by atoms with Crippen LogP contribution in [0.5, 0.6) is 0 Å². The van der Waals surface area contributed by atoms with Crippen LogP contribution in [0.4, 0.5) is 4.79 Å². The number of likely N-dealkylation sites (tertiary alicyclic amines) is 1. The van der Waals surface area contributed by atoms with Gasteiger partial charge in [0.15, 0.2) is 0 Å². The van der Waals surface area contributed by atoms with Crippen molar-refractivity contribution in [1.82, 2.24) is 10.2 Å². The molecule has 0 saturated carbocycles. The van der Waals surface area contributed by atoms with Crippen LogP contribution in [0.25, 0.3) is 0 Å². The van der Waals surface area contributed by atoms with Crippen molar-refractivity contribution in [3.8, 4) is 11.8 Å². The van der Waals surface area contributed by atoms with Gasteiger partial charge in [0.05, 0.1) is 18.0 Å². The maximum absolute atomic E-state index is 12.1. The van der Waals surface area contributed by atoms with Crippen LogP contribution in [-0.4, -0.2) is 35.7 Å². The molecule has 0 aliphatic carbocycles. The molecule has 2 N–H and O–H groups in total. The van der Waals surface area contributed by atoms with Crippen LogP contribution in [0.15, 0.2) is 12.1 Å². The van der Waals surface area contributed by atoms with Gasteiger partial charge in [-0.05, 0) is 30.9 Å². The summed E-state index contributed by atoms with van der Waals surface area (Å²) in [4.78, 5) is 16.1. The molecule has 5 heteroatoms. The highest BCUT2D eigenvalue weighted by Crippen LogP contribution is 2.17. The van der Waals surface area contributed by atoms with Gasteiger partial charge in [0, 0.05) is 24.4 Å². The lowest BCUT2D eigenvalue weighted by Gasteiger charge is -2.30. The molecule has 0 radical (unpaired) electrons. The standard InChI is InChI=1S/C16H22N2O2S/c1-13-5-4-9-18(12-13)16(20)17-11-15-8-7-14(21-15)6-2-3-10-19/h7-8,13,19H,3-5,9-12H2,1H3,(H,17,20). The molecule has 1 aromatic heterocycles. The molecule has 21 heavy (non-hydrogen) atoms. The minimum Gasteiger partial charge on any atom is -0.395 e. The molecule has 114 valence electrons. The number of nitrogens with zero attached hydrogens (tertiary/aromatic N) is 1. The topological polar surface area (TPSA) is 52.6 Å². The highest BCUT2D eigenvalue weighted by atomic mass is 32.1. The summed E-state index contributed by atoms with van der Waals surface area (Å²) in [6.07, 6.45) is 2.81. The average Bonchev–Trinajstić information content (AvgIpc) is 2.93. The predicted molar refractivity (Wildman–Crippen MR) is 85.1 cm³/mol. The van der Waals surface area contributed by atoms with Gasteiger partial charge in [-0.25, -0.2) is 4.79 Å². The molecule has 0 bridgehead atoms. The Morgan fingerprint density at radius 1 is 1.57 bits per heavy atom. The summed E-state index contributed by atoms with van der Waals surface area (Å²) in [5.74, 6) is 6.51. The molecule has 1 fully saturated rings. The Hall–Kier alpha value is -1.51. The van der Waals surface area contributed by atoms with Gasteiger partial charge < -0.3 is 15.3 Å². The molecule has 1 aliphatic rings.